The Morgan fingerprint density at radius 1 is 1.47 bits per heavy atom. The Labute approximate surface area is 108 Å². The number of alkyl halides is 1. The van der Waals surface area contributed by atoms with E-state index in [0.717, 1.165) is 30.7 Å². The summed E-state index contributed by atoms with van der Waals surface area (Å²) in [4.78, 5) is 14.0. The normalized spacial score (nSPS) is 10.6. The lowest BCUT2D eigenvalue weighted by Gasteiger charge is -2.18. The van der Waals surface area contributed by atoms with Gasteiger partial charge >= 0.3 is 0 Å². The lowest BCUT2D eigenvalue weighted by atomic mass is 10.2. The maximum atomic E-state index is 12.2. The zero-order valence-electron chi connectivity index (χ0n) is 10.8. The molecule has 0 atom stereocenters. The molecular formula is C13H20ClNO2. The zero-order chi connectivity index (χ0) is 12.8. The second kappa shape index (κ2) is 6.70. The van der Waals surface area contributed by atoms with Crippen molar-refractivity contribution in [1.29, 1.82) is 0 Å². The molecule has 0 radical (unpaired) electrons. The predicted molar refractivity (Wildman–Crippen MR) is 69.5 cm³/mol. The van der Waals surface area contributed by atoms with E-state index in [2.05, 4.69) is 6.92 Å². The van der Waals surface area contributed by atoms with Gasteiger partial charge in [0.25, 0.3) is 5.91 Å². The summed E-state index contributed by atoms with van der Waals surface area (Å²) < 4.78 is 5.45. The highest BCUT2D eigenvalue weighted by Gasteiger charge is 2.19. The number of rotatable bonds is 6. The van der Waals surface area contributed by atoms with Crippen LogP contribution in [0.2, 0.25) is 0 Å². The van der Waals surface area contributed by atoms with Crippen LogP contribution in [0.4, 0.5) is 0 Å². The fourth-order valence-electron chi connectivity index (χ4n) is 1.67. The molecule has 0 unspecified atom stereocenters. The molecule has 1 heterocycles. The molecule has 1 aromatic heterocycles. The third-order valence-electron chi connectivity index (χ3n) is 2.83. The summed E-state index contributed by atoms with van der Waals surface area (Å²) in [6.07, 6.45) is 2.09. The molecule has 0 fully saturated rings. The van der Waals surface area contributed by atoms with Crippen molar-refractivity contribution in [3.8, 4) is 0 Å². The molecule has 0 aromatic carbocycles. The van der Waals surface area contributed by atoms with Crippen molar-refractivity contribution in [3.05, 3.63) is 23.2 Å². The lowest BCUT2D eigenvalue weighted by molar-refractivity contribution is 0.0729. The van der Waals surface area contributed by atoms with Crippen molar-refractivity contribution in [2.75, 3.05) is 13.1 Å². The largest absolute Gasteiger partial charge is 0.456 e. The Balaban J connectivity index is 2.78. The molecule has 96 valence electrons. The minimum atomic E-state index is -0.0413. The first-order chi connectivity index (χ1) is 8.13. The molecule has 0 aliphatic heterocycles. The van der Waals surface area contributed by atoms with Crippen molar-refractivity contribution < 1.29 is 9.21 Å². The first-order valence-electron chi connectivity index (χ1n) is 6.08. The second-order valence-electron chi connectivity index (χ2n) is 4.06. The first kappa shape index (κ1) is 14.1. The molecule has 1 aromatic rings. The van der Waals surface area contributed by atoms with Crippen molar-refractivity contribution in [3.63, 3.8) is 0 Å². The van der Waals surface area contributed by atoms with Crippen LogP contribution in [0, 0.1) is 6.92 Å². The van der Waals surface area contributed by atoms with Gasteiger partial charge in [0.1, 0.15) is 5.76 Å². The monoisotopic (exact) mass is 257 g/mol. The van der Waals surface area contributed by atoms with E-state index in [0.29, 0.717) is 18.2 Å². The highest BCUT2D eigenvalue weighted by atomic mass is 35.5. The summed E-state index contributed by atoms with van der Waals surface area (Å²) in [5.41, 5.74) is 0.890. The Morgan fingerprint density at radius 2 is 2.18 bits per heavy atom. The van der Waals surface area contributed by atoms with Crippen molar-refractivity contribution in [2.24, 2.45) is 0 Å². The first-order valence-corrected chi connectivity index (χ1v) is 6.62. The van der Waals surface area contributed by atoms with Gasteiger partial charge in [-0.3, -0.25) is 4.79 Å². The van der Waals surface area contributed by atoms with Crippen LogP contribution >= 0.6 is 11.6 Å². The smallest absolute Gasteiger partial charge is 0.289 e. The molecule has 1 amide bonds. The van der Waals surface area contributed by atoms with E-state index in [9.17, 15) is 4.79 Å². The van der Waals surface area contributed by atoms with Gasteiger partial charge in [-0.05, 0) is 26.3 Å². The summed E-state index contributed by atoms with van der Waals surface area (Å²) >= 11 is 5.76. The summed E-state index contributed by atoms with van der Waals surface area (Å²) in [7, 11) is 0. The minimum Gasteiger partial charge on any atom is -0.456 e. The van der Waals surface area contributed by atoms with E-state index in [4.69, 9.17) is 16.0 Å². The molecule has 3 nitrogen and oxygen atoms in total. The number of amides is 1. The number of halogens is 1. The Morgan fingerprint density at radius 3 is 2.65 bits per heavy atom. The van der Waals surface area contributed by atoms with Gasteiger partial charge < -0.3 is 9.32 Å². The maximum Gasteiger partial charge on any atom is 0.289 e. The Bertz CT molecular complexity index is 373. The van der Waals surface area contributed by atoms with E-state index in [1.807, 2.05) is 13.8 Å². The van der Waals surface area contributed by atoms with Crippen LogP contribution in [0.25, 0.3) is 0 Å². The average molecular weight is 258 g/mol. The number of furan rings is 1. The van der Waals surface area contributed by atoms with E-state index in [1.165, 1.54) is 0 Å². The maximum absolute atomic E-state index is 12.2. The third kappa shape index (κ3) is 3.50. The molecule has 0 aliphatic carbocycles. The molecule has 4 heteroatoms. The van der Waals surface area contributed by atoms with Crippen molar-refractivity contribution >= 4 is 17.5 Å². The van der Waals surface area contributed by atoms with E-state index >= 15 is 0 Å². The highest BCUT2D eigenvalue weighted by molar-refractivity contribution is 6.17. The van der Waals surface area contributed by atoms with Crippen LogP contribution in [0.15, 0.2) is 10.5 Å². The van der Waals surface area contributed by atoms with Crippen LogP contribution in [-0.2, 0) is 5.88 Å². The number of carbonyl (C=O) groups is 1. The molecule has 0 saturated heterocycles. The van der Waals surface area contributed by atoms with Gasteiger partial charge in [0.15, 0.2) is 5.76 Å². The number of nitrogens with zero attached hydrogens (tertiary/aromatic N) is 1. The number of hydrogen-bond acceptors (Lipinski definition) is 2. The van der Waals surface area contributed by atoms with Gasteiger partial charge in [-0.1, -0.05) is 13.3 Å². The topological polar surface area (TPSA) is 33.5 Å². The SMILES string of the molecule is CCCCN(CC)C(=O)c1cc(CCl)c(C)o1. The third-order valence-corrected chi connectivity index (χ3v) is 3.11. The fourth-order valence-corrected chi connectivity index (χ4v) is 1.93. The fraction of sp³-hybridized carbons (Fsp3) is 0.615. The Kier molecular flexibility index (Phi) is 5.56. The van der Waals surface area contributed by atoms with Crippen LogP contribution in [-0.4, -0.2) is 23.9 Å². The van der Waals surface area contributed by atoms with Crippen molar-refractivity contribution in [2.45, 2.75) is 39.5 Å². The van der Waals surface area contributed by atoms with Gasteiger partial charge in [-0.25, -0.2) is 0 Å². The predicted octanol–water partition coefficient (Wildman–Crippen LogP) is 3.59. The number of unbranched alkanes of at least 4 members (excludes halogenated alkanes) is 1. The van der Waals surface area contributed by atoms with Gasteiger partial charge in [-0.2, -0.15) is 0 Å². The van der Waals surface area contributed by atoms with Crippen molar-refractivity contribution in [1.82, 2.24) is 4.90 Å². The number of carbonyl (C=O) groups excluding carboxylic acids is 1. The summed E-state index contributed by atoms with van der Waals surface area (Å²) in [5, 5.41) is 0. The standard InChI is InChI=1S/C13H20ClNO2/c1-4-6-7-15(5-2)13(16)12-8-11(9-14)10(3)17-12/h8H,4-7,9H2,1-3H3. The second-order valence-corrected chi connectivity index (χ2v) is 4.33. The van der Waals surface area contributed by atoms with E-state index in [1.54, 1.807) is 11.0 Å². The van der Waals surface area contributed by atoms with Gasteiger partial charge in [0, 0.05) is 18.7 Å². The van der Waals surface area contributed by atoms with Crippen LogP contribution < -0.4 is 0 Å². The van der Waals surface area contributed by atoms with E-state index in [-0.39, 0.29) is 5.91 Å². The van der Waals surface area contributed by atoms with Crippen LogP contribution in [0.1, 0.15) is 48.6 Å². The van der Waals surface area contributed by atoms with Crippen LogP contribution in [0.3, 0.4) is 0 Å². The number of hydrogen-bond donors (Lipinski definition) is 0. The quantitative estimate of drug-likeness (QED) is 0.730. The van der Waals surface area contributed by atoms with E-state index < -0.39 is 0 Å². The molecule has 0 saturated carbocycles. The molecular weight excluding hydrogens is 238 g/mol. The summed E-state index contributed by atoms with van der Waals surface area (Å²) in [6, 6.07) is 1.75. The molecule has 17 heavy (non-hydrogen) atoms. The summed E-state index contributed by atoms with van der Waals surface area (Å²) in [6.45, 7) is 7.40. The Hall–Kier alpha value is -0.960. The number of aryl methyl sites for hydroxylation is 1. The minimum absolute atomic E-state index is 0.0413. The highest BCUT2D eigenvalue weighted by Crippen LogP contribution is 2.18. The molecule has 1 rings (SSSR count). The molecule has 0 bridgehead atoms. The van der Waals surface area contributed by atoms with Crippen LogP contribution in [0.5, 0.6) is 0 Å². The van der Waals surface area contributed by atoms with Gasteiger partial charge in [-0.15, -0.1) is 11.6 Å². The molecule has 0 aliphatic rings. The van der Waals surface area contributed by atoms with Gasteiger partial charge in [0.05, 0.1) is 5.88 Å². The average Bonchev–Trinajstić information content (AvgIpc) is 2.71. The lowest BCUT2D eigenvalue weighted by Crippen LogP contribution is -2.31. The van der Waals surface area contributed by atoms with Gasteiger partial charge in [0.2, 0.25) is 0 Å². The molecule has 0 spiro atoms. The summed E-state index contributed by atoms with van der Waals surface area (Å²) in [5.74, 6) is 1.47. The zero-order valence-corrected chi connectivity index (χ0v) is 11.5. The molecule has 0 N–H and O–H groups in total.